The van der Waals surface area contributed by atoms with Crippen LogP contribution in [0.25, 0.3) is 9.53 Å². The maximum Gasteiger partial charge on any atom is 0.181 e. The van der Waals surface area contributed by atoms with E-state index in [9.17, 15) is 0 Å². The van der Waals surface area contributed by atoms with Gasteiger partial charge >= 0.3 is 0 Å². The lowest BCUT2D eigenvalue weighted by Gasteiger charge is -2.01. The molecule has 2 heterocycles. The van der Waals surface area contributed by atoms with Crippen LogP contribution in [0.3, 0.4) is 0 Å². The fourth-order valence-electron chi connectivity index (χ4n) is 1.48. The SMILES string of the molecule is CC1(c2cc3sc(N)nc3s2)CC1. The second-order valence-corrected chi connectivity index (χ2v) is 5.99. The average molecular weight is 210 g/mol. The third kappa shape index (κ3) is 1.09. The zero-order valence-electron chi connectivity index (χ0n) is 7.33. The van der Waals surface area contributed by atoms with Crippen molar-refractivity contribution in [3.05, 3.63) is 10.9 Å². The average Bonchev–Trinajstić information content (AvgIpc) is 2.53. The summed E-state index contributed by atoms with van der Waals surface area (Å²) in [6.07, 6.45) is 2.66. The maximum atomic E-state index is 5.62. The van der Waals surface area contributed by atoms with Crippen molar-refractivity contribution in [2.45, 2.75) is 25.2 Å². The van der Waals surface area contributed by atoms with Crippen LogP contribution in [-0.4, -0.2) is 4.98 Å². The number of hydrogen-bond donors (Lipinski definition) is 1. The molecule has 2 aromatic rings. The van der Waals surface area contributed by atoms with Gasteiger partial charge in [-0.3, -0.25) is 0 Å². The van der Waals surface area contributed by atoms with Crippen LogP contribution >= 0.6 is 22.7 Å². The van der Waals surface area contributed by atoms with Gasteiger partial charge in [-0.05, 0) is 18.9 Å². The summed E-state index contributed by atoms with van der Waals surface area (Å²) in [7, 11) is 0. The van der Waals surface area contributed by atoms with E-state index >= 15 is 0 Å². The highest BCUT2D eigenvalue weighted by Gasteiger charge is 2.40. The summed E-state index contributed by atoms with van der Waals surface area (Å²) in [6.45, 7) is 2.33. The van der Waals surface area contributed by atoms with Gasteiger partial charge in [-0.25, -0.2) is 4.98 Å². The van der Waals surface area contributed by atoms with Crippen LogP contribution in [0, 0.1) is 0 Å². The Kier molecular flexibility index (Phi) is 1.34. The Morgan fingerprint density at radius 2 is 2.23 bits per heavy atom. The molecule has 3 rings (SSSR count). The van der Waals surface area contributed by atoms with Crippen molar-refractivity contribution in [1.82, 2.24) is 4.98 Å². The molecule has 0 bridgehead atoms. The van der Waals surface area contributed by atoms with Crippen molar-refractivity contribution in [3.8, 4) is 0 Å². The van der Waals surface area contributed by atoms with Gasteiger partial charge in [0.1, 0.15) is 4.83 Å². The molecule has 0 atom stereocenters. The number of aromatic nitrogens is 1. The van der Waals surface area contributed by atoms with Gasteiger partial charge in [-0.2, -0.15) is 0 Å². The van der Waals surface area contributed by atoms with Gasteiger partial charge in [0.15, 0.2) is 5.13 Å². The fraction of sp³-hybridized carbons (Fsp3) is 0.444. The molecule has 0 saturated heterocycles. The normalized spacial score (nSPS) is 19.5. The standard InChI is InChI=1S/C9H10N2S2/c1-9(2-3-9)6-4-5-7(13-6)11-8(10)12-5/h4H,2-3H2,1H3,(H2,10,11). The van der Waals surface area contributed by atoms with Crippen LogP contribution in [-0.2, 0) is 5.41 Å². The van der Waals surface area contributed by atoms with Gasteiger partial charge in [-0.1, -0.05) is 18.3 Å². The number of nitrogens with two attached hydrogens (primary N) is 1. The molecule has 0 unspecified atom stereocenters. The monoisotopic (exact) mass is 210 g/mol. The molecule has 1 saturated carbocycles. The van der Waals surface area contributed by atoms with E-state index in [0.717, 1.165) is 4.83 Å². The minimum Gasteiger partial charge on any atom is -0.375 e. The highest BCUT2D eigenvalue weighted by atomic mass is 32.1. The van der Waals surface area contributed by atoms with Crippen LogP contribution in [0.4, 0.5) is 5.13 Å². The molecule has 1 fully saturated rings. The van der Waals surface area contributed by atoms with E-state index in [4.69, 9.17) is 5.73 Å². The Balaban J connectivity index is 2.18. The summed E-state index contributed by atoms with van der Waals surface area (Å²) in [5, 5.41) is 0.689. The van der Waals surface area contributed by atoms with Gasteiger partial charge in [0.2, 0.25) is 0 Å². The number of nitrogens with zero attached hydrogens (tertiary/aromatic N) is 1. The quantitative estimate of drug-likeness (QED) is 0.786. The first-order valence-electron chi connectivity index (χ1n) is 4.34. The third-order valence-corrected chi connectivity index (χ3v) is 5.00. The second-order valence-electron chi connectivity index (χ2n) is 3.89. The molecule has 0 aromatic carbocycles. The van der Waals surface area contributed by atoms with Gasteiger partial charge < -0.3 is 5.73 Å². The number of hydrogen-bond acceptors (Lipinski definition) is 4. The first-order valence-corrected chi connectivity index (χ1v) is 5.97. The molecule has 0 amide bonds. The molecule has 2 nitrogen and oxygen atoms in total. The van der Waals surface area contributed by atoms with E-state index in [0.29, 0.717) is 10.5 Å². The van der Waals surface area contributed by atoms with E-state index < -0.39 is 0 Å². The molecule has 0 spiro atoms. The molecule has 2 N–H and O–H groups in total. The topological polar surface area (TPSA) is 38.9 Å². The Morgan fingerprint density at radius 3 is 2.85 bits per heavy atom. The lowest BCUT2D eigenvalue weighted by Crippen LogP contribution is -1.93. The summed E-state index contributed by atoms with van der Waals surface area (Å²) in [4.78, 5) is 6.89. The fourth-order valence-corrected chi connectivity index (χ4v) is 3.68. The molecule has 0 radical (unpaired) electrons. The van der Waals surface area contributed by atoms with Gasteiger partial charge in [0, 0.05) is 10.3 Å². The molecule has 2 aromatic heterocycles. The Morgan fingerprint density at radius 1 is 1.46 bits per heavy atom. The molecule has 1 aliphatic carbocycles. The number of rotatable bonds is 1. The van der Waals surface area contributed by atoms with E-state index in [1.807, 2.05) is 0 Å². The first kappa shape index (κ1) is 7.76. The van der Waals surface area contributed by atoms with Crippen LogP contribution in [0.5, 0.6) is 0 Å². The molecule has 68 valence electrons. The predicted molar refractivity (Wildman–Crippen MR) is 58.5 cm³/mol. The summed E-state index contributed by atoms with van der Waals surface area (Å²) in [6, 6.07) is 2.26. The van der Waals surface area contributed by atoms with E-state index in [1.165, 1.54) is 22.4 Å². The minimum atomic E-state index is 0.472. The van der Waals surface area contributed by atoms with Gasteiger partial charge in [-0.15, -0.1) is 11.3 Å². The van der Waals surface area contributed by atoms with Crippen molar-refractivity contribution in [1.29, 1.82) is 0 Å². The second kappa shape index (κ2) is 2.25. The predicted octanol–water partition coefficient (Wildman–Crippen LogP) is 2.99. The molecule has 13 heavy (non-hydrogen) atoms. The molecular formula is C9H10N2S2. The molecule has 4 heteroatoms. The number of thiophene rings is 1. The third-order valence-electron chi connectivity index (χ3n) is 2.70. The summed E-state index contributed by atoms with van der Waals surface area (Å²) < 4.78 is 1.26. The van der Waals surface area contributed by atoms with Crippen LogP contribution in [0.1, 0.15) is 24.6 Å². The van der Waals surface area contributed by atoms with Crippen molar-refractivity contribution in [2.75, 3.05) is 5.73 Å². The Bertz CT molecular complexity index is 433. The maximum absolute atomic E-state index is 5.62. The number of nitrogen functional groups attached to an aromatic ring is 1. The Labute approximate surface area is 84.4 Å². The zero-order chi connectivity index (χ0) is 9.05. The van der Waals surface area contributed by atoms with Crippen molar-refractivity contribution in [3.63, 3.8) is 0 Å². The van der Waals surface area contributed by atoms with Crippen molar-refractivity contribution >= 4 is 37.3 Å². The Hall–Kier alpha value is -0.610. The lowest BCUT2D eigenvalue weighted by molar-refractivity contribution is 0.810. The summed E-state index contributed by atoms with van der Waals surface area (Å²) in [5.74, 6) is 0. The largest absolute Gasteiger partial charge is 0.375 e. The summed E-state index contributed by atoms with van der Waals surface area (Å²) in [5.41, 5.74) is 6.10. The van der Waals surface area contributed by atoms with Crippen molar-refractivity contribution < 1.29 is 0 Å². The summed E-state index contributed by atoms with van der Waals surface area (Å²) >= 11 is 3.40. The van der Waals surface area contributed by atoms with E-state index in [1.54, 1.807) is 22.7 Å². The van der Waals surface area contributed by atoms with E-state index in [2.05, 4.69) is 18.0 Å². The lowest BCUT2D eigenvalue weighted by atomic mass is 10.1. The van der Waals surface area contributed by atoms with Crippen LogP contribution in [0.15, 0.2) is 6.07 Å². The molecule has 0 aliphatic heterocycles. The van der Waals surface area contributed by atoms with Crippen LogP contribution < -0.4 is 5.73 Å². The molecular weight excluding hydrogens is 200 g/mol. The molecule has 1 aliphatic rings. The van der Waals surface area contributed by atoms with Gasteiger partial charge in [0.25, 0.3) is 0 Å². The highest BCUT2D eigenvalue weighted by Crippen LogP contribution is 2.51. The first-order chi connectivity index (χ1) is 6.17. The smallest absolute Gasteiger partial charge is 0.181 e. The van der Waals surface area contributed by atoms with Crippen LogP contribution in [0.2, 0.25) is 0 Å². The van der Waals surface area contributed by atoms with E-state index in [-0.39, 0.29) is 0 Å². The van der Waals surface area contributed by atoms with Gasteiger partial charge in [0.05, 0.1) is 4.70 Å². The number of thiazole rings is 1. The number of fused-ring (bicyclic) bond motifs is 1. The highest BCUT2D eigenvalue weighted by molar-refractivity contribution is 7.29. The minimum absolute atomic E-state index is 0.472. The number of anilines is 1. The zero-order valence-corrected chi connectivity index (χ0v) is 8.97. The van der Waals surface area contributed by atoms with Crippen molar-refractivity contribution in [2.24, 2.45) is 0 Å².